The minimum absolute atomic E-state index is 0.0610. The average molecular weight is 225 g/mol. The number of hydrogen-bond donors (Lipinski definition) is 1. The lowest BCUT2D eigenvalue weighted by atomic mass is 9.68. The van der Waals surface area contributed by atoms with Crippen LogP contribution >= 0.6 is 0 Å². The molecule has 0 aromatic heterocycles. The Kier molecular flexibility index (Phi) is 2.94. The van der Waals surface area contributed by atoms with Gasteiger partial charge in [-0.2, -0.15) is 0 Å². The molecule has 3 aliphatic rings. The van der Waals surface area contributed by atoms with Gasteiger partial charge in [0.05, 0.1) is 13.2 Å². The zero-order chi connectivity index (χ0) is 11.0. The van der Waals surface area contributed by atoms with Crippen LogP contribution in [0.1, 0.15) is 38.5 Å². The van der Waals surface area contributed by atoms with Gasteiger partial charge in [0.1, 0.15) is 0 Å². The number of nitrogens with two attached hydrogens (primary N) is 1. The lowest BCUT2D eigenvalue weighted by molar-refractivity contribution is -0.0848. The van der Waals surface area contributed by atoms with E-state index in [1.54, 1.807) is 0 Å². The zero-order valence-electron chi connectivity index (χ0n) is 9.99. The molecular weight excluding hydrogens is 202 g/mol. The fourth-order valence-corrected chi connectivity index (χ4v) is 4.36. The second kappa shape index (κ2) is 4.28. The summed E-state index contributed by atoms with van der Waals surface area (Å²) in [6.45, 7) is 2.37. The van der Waals surface area contributed by atoms with Gasteiger partial charge in [-0.3, -0.25) is 0 Å². The number of rotatable bonds is 4. The van der Waals surface area contributed by atoms with Gasteiger partial charge in [-0.05, 0) is 49.5 Å². The summed E-state index contributed by atoms with van der Waals surface area (Å²) in [5.41, 5.74) is 6.27. The van der Waals surface area contributed by atoms with Crippen molar-refractivity contribution in [2.45, 2.75) is 44.8 Å². The minimum Gasteiger partial charge on any atom is -0.350 e. The summed E-state index contributed by atoms with van der Waals surface area (Å²) >= 11 is 0. The Morgan fingerprint density at radius 1 is 1.19 bits per heavy atom. The predicted octanol–water partition coefficient (Wildman–Crippen LogP) is 1.90. The van der Waals surface area contributed by atoms with Crippen LogP contribution in [0.25, 0.3) is 0 Å². The molecule has 0 radical (unpaired) electrons. The molecule has 1 saturated heterocycles. The van der Waals surface area contributed by atoms with Crippen molar-refractivity contribution in [3.8, 4) is 0 Å². The smallest absolute Gasteiger partial charge is 0.158 e. The Labute approximate surface area is 97.7 Å². The number of fused-ring (bicyclic) bond motifs is 2. The molecule has 3 atom stereocenters. The highest BCUT2D eigenvalue weighted by molar-refractivity contribution is 5.00. The van der Waals surface area contributed by atoms with Crippen molar-refractivity contribution in [3.05, 3.63) is 0 Å². The van der Waals surface area contributed by atoms with Crippen LogP contribution in [-0.4, -0.2) is 26.0 Å². The molecule has 2 aliphatic carbocycles. The van der Waals surface area contributed by atoms with Crippen LogP contribution < -0.4 is 5.73 Å². The molecule has 1 aliphatic heterocycles. The summed E-state index contributed by atoms with van der Waals surface area (Å²) in [5.74, 6) is 1.87. The number of ether oxygens (including phenoxy) is 2. The molecule has 2 bridgehead atoms. The van der Waals surface area contributed by atoms with Gasteiger partial charge in [-0.1, -0.05) is 6.42 Å². The maximum atomic E-state index is 5.82. The first-order valence-corrected chi connectivity index (χ1v) is 6.76. The van der Waals surface area contributed by atoms with E-state index in [4.69, 9.17) is 15.2 Å². The third kappa shape index (κ3) is 1.79. The van der Waals surface area contributed by atoms with E-state index in [-0.39, 0.29) is 6.29 Å². The van der Waals surface area contributed by atoms with Crippen molar-refractivity contribution in [1.82, 2.24) is 0 Å². The highest BCUT2D eigenvalue weighted by Crippen LogP contribution is 2.59. The quantitative estimate of drug-likeness (QED) is 0.795. The van der Waals surface area contributed by atoms with Crippen LogP contribution in [0.2, 0.25) is 0 Å². The highest BCUT2D eigenvalue weighted by Gasteiger charge is 2.51. The fraction of sp³-hybridized carbons (Fsp3) is 1.00. The monoisotopic (exact) mass is 225 g/mol. The summed E-state index contributed by atoms with van der Waals surface area (Å²) in [6.07, 6.45) is 7.99. The standard InChI is InChI=1S/C13H23NO2/c14-4-3-13(9-12-15-5-6-16-12)8-10-1-2-11(13)7-10/h10-12H,1-9,14H2. The molecule has 2 N–H and O–H groups in total. The fourth-order valence-electron chi connectivity index (χ4n) is 4.36. The van der Waals surface area contributed by atoms with E-state index in [2.05, 4.69) is 0 Å². The van der Waals surface area contributed by atoms with E-state index in [9.17, 15) is 0 Å². The molecule has 3 fully saturated rings. The Bertz CT molecular complexity index is 252. The Hall–Kier alpha value is -0.120. The molecule has 2 saturated carbocycles. The molecule has 0 amide bonds. The topological polar surface area (TPSA) is 44.5 Å². The van der Waals surface area contributed by atoms with E-state index < -0.39 is 0 Å². The van der Waals surface area contributed by atoms with Crippen LogP contribution in [0.5, 0.6) is 0 Å². The molecule has 3 rings (SSSR count). The van der Waals surface area contributed by atoms with Gasteiger partial charge in [0.2, 0.25) is 0 Å². The van der Waals surface area contributed by atoms with Crippen LogP contribution in [0.3, 0.4) is 0 Å². The summed E-state index contributed by atoms with van der Waals surface area (Å²) in [5, 5.41) is 0. The van der Waals surface area contributed by atoms with Gasteiger partial charge < -0.3 is 15.2 Å². The van der Waals surface area contributed by atoms with Crippen molar-refractivity contribution in [2.24, 2.45) is 23.0 Å². The van der Waals surface area contributed by atoms with Gasteiger partial charge >= 0.3 is 0 Å². The van der Waals surface area contributed by atoms with Crippen molar-refractivity contribution in [1.29, 1.82) is 0 Å². The van der Waals surface area contributed by atoms with Crippen LogP contribution in [-0.2, 0) is 9.47 Å². The normalized spacial score (nSPS) is 43.3. The average Bonchev–Trinajstić information content (AvgIpc) is 2.93. The predicted molar refractivity (Wildman–Crippen MR) is 61.9 cm³/mol. The van der Waals surface area contributed by atoms with E-state index in [0.717, 1.165) is 44.4 Å². The van der Waals surface area contributed by atoms with Crippen molar-refractivity contribution in [3.63, 3.8) is 0 Å². The second-order valence-electron chi connectivity index (χ2n) is 5.86. The molecule has 1 heterocycles. The summed E-state index contributed by atoms with van der Waals surface area (Å²) in [4.78, 5) is 0. The molecule has 3 unspecified atom stereocenters. The lowest BCUT2D eigenvalue weighted by Crippen LogP contribution is -2.34. The van der Waals surface area contributed by atoms with Gasteiger partial charge in [0, 0.05) is 6.42 Å². The third-order valence-electron chi connectivity index (χ3n) is 5.01. The second-order valence-corrected chi connectivity index (χ2v) is 5.86. The first kappa shape index (κ1) is 11.0. The van der Waals surface area contributed by atoms with Gasteiger partial charge in [-0.25, -0.2) is 0 Å². The largest absolute Gasteiger partial charge is 0.350 e. The number of hydrogen-bond acceptors (Lipinski definition) is 3. The zero-order valence-corrected chi connectivity index (χ0v) is 9.99. The van der Waals surface area contributed by atoms with Gasteiger partial charge in [-0.15, -0.1) is 0 Å². The molecular formula is C13H23NO2. The Balaban J connectivity index is 1.70. The molecule has 0 aromatic carbocycles. The van der Waals surface area contributed by atoms with E-state index in [1.165, 1.54) is 25.7 Å². The van der Waals surface area contributed by atoms with Crippen molar-refractivity contribution in [2.75, 3.05) is 19.8 Å². The molecule has 16 heavy (non-hydrogen) atoms. The highest BCUT2D eigenvalue weighted by atomic mass is 16.7. The van der Waals surface area contributed by atoms with Gasteiger partial charge in [0.25, 0.3) is 0 Å². The van der Waals surface area contributed by atoms with E-state index >= 15 is 0 Å². The molecule has 92 valence electrons. The minimum atomic E-state index is 0.0610. The first-order chi connectivity index (χ1) is 7.82. The van der Waals surface area contributed by atoms with Crippen molar-refractivity contribution >= 4 is 0 Å². The Morgan fingerprint density at radius 2 is 2.00 bits per heavy atom. The molecule has 3 heteroatoms. The molecule has 0 aromatic rings. The summed E-state index contributed by atoms with van der Waals surface area (Å²) in [7, 11) is 0. The lowest BCUT2D eigenvalue weighted by Gasteiger charge is -2.39. The van der Waals surface area contributed by atoms with Crippen LogP contribution in [0.4, 0.5) is 0 Å². The van der Waals surface area contributed by atoms with Crippen LogP contribution in [0, 0.1) is 17.3 Å². The molecule has 0 spiro atoms. The van der Waals surface area contributed by atoms with Crippen molar-refractivity contribution < 1.29 is 9.47 Å². The molecule has 3 nitrogen and oxygen atoms in total. The third-order valence-corrected chi connectivity index (χ3v) is 5.01. The van der Waals surface area contributed by atoms with Crippen LogP contribution in [0.15, 0.2) is 0 Å². The Morgan fingerprint density at radius 3 is 2.56 bits per heavy atom. The maximum absolute atomic E-state index is 5.82. The SMILES string of the molecule is NCCC1(CC2OCCO2)CC2CCC1C2. The van der Waals surface area contributed by atoms with Gasteiger partial charge in [0.15, 0.2) is 6.29 Å². The summed E-state index contributed by atoms with van der Waals surface area (Å²) < 4.78 is 11.3. The van der Waals surface area contributed by atoms with E-state index in [0.29, 0.717) is 5.41 Å². The first-order valence-electron chi connectivity index (χ1n) is 6.76. The van der Waals surface area contributed by atoms with E-state index in [1.807, 2.05) is 0 Å². The summed E-state index contributed by atoms with van der Waals surface area (Å²) in [6, 6.07) is 0. The maximum Gasteiger partial charge on any atom is 0.158 e.